The van der Waals surface area contributed by atoms with Crippen LogP contribution in [-0.4, -0.2) is 55.4 Å². The van der Waals surface area contributed by atoms with Crippen LogP contribution in [0.4, 0.5) is 0 Å². The molecule has 4 aliphatic rings. The molecule has 2 heterocycles. The van der Waals surface area contributed by atoms with Gasteiger partial charge in [-0.25, -0.2) is 0 Å². The van der Waals surface area contributed by atoms with Crippen molar-refractivity contribution in [2.45, 2.75) is 51.6 Å². The van der Waals surface area contributed by atoms with Gasteiger partial charge >= 0.3 is 0 Å². The number of nitrogens with zero attached hydrogens (tertiary/aromatic N) is 1. The first-order chi connectivity index (χ1) is 15.2. The normalized spacial score (nSPS) is 24.0. The lowest BCUT2D eigenvalue weighted by Crippen LogP contribution is -2.34. The van der Waals surface area contributed by atoms with Crippen molar-refractivity contribution < 1.29 is 9.84 Å². The number of aliphatic hydroxyl groups excluding tert-OH is 1. The molecule has 0 aromatic rings. The number of aliphatic hydroxyl groups is 1. The van der Waals surface area contributed by atoms with Crippen molar-refractivity contribution >= 4 is 0 Å². The molecule has 2 aliphatic heterocycles. The molecule has 31 heavy (non-hydrogen) atoms. The van der Waals surface area contributed by atoms with E-state index >= 15 is 0 Å². The molecule has 168 valence electrons. The molecule has 0 saturated carbocycles. The van der Waals surface area contributed by atoms with Crippen molar-refractivity contribution in [3.63, 3.8) is 0 Å². The van der Waals surface area contributed by atoms with Gasteiger partial charge in [-0.05, 0) is 80.8 Å². The highest BCUT2D eigenvalue weighted by atomic mass is 16.5. The summed E-state index contributed by atoms with van der Waals surface area (Å²) in [5.74, 6) is 1.61. The molecule has 0 aromatic heterocycles. The monoisotopic (exact) mass is 422 g/mol. The predicted molar refractivity (Wildman–Crippen MR) is 128 cm³/mol. The number of piperidine rings is 1. The number of hydrogen-bond acceptors (Lipinski definition) is 4. The number of allylic oxidation sites excluding steroid dienone is 9. The fraction of sp³-hybridized carbons (Fsp3) is 0.556. The highest BCUT2D eigenvalue weighted by molar-refractivity contribution is 5.38. The van der Waals surface area contributed by atoms with Crippen molar-refractivity contribution in [1.82, 2.24) is 10.2 Å². The summed E-state index contributed by atoms with van der Waals surface area (Å²) in [7, 11) is 0. The van der Waals surface area contributed by atoms with E-state index in [9.17, 15) is 5.11 Å². The Morgan fingerprint density at radius 3 is 2.90 bits per heavy atom. The smallest absolute Gasteiger partial charge is 0.114 e. The molecule has 1 saturated heterocycles. The van der Waals surface area contributed by atoms with E-state index in [1.165, 1.54) is 35.1 Å². The van der Waals surface area contributed by atoms with Gasteiger partial charge in [0.25, 0.3) is 0 Å². The van der Waals surface area contributed by atoms with Gasteiger partial charge in [0, 0.05) is 26.1 Å². The Hall–Kier alpha value is -1.88. The molecule has 1 fully saturated rings. The minimum atomic E-state index is -0.424. The summed E-state index contributed by atoms with van der Waals surface area (Å²) in [6.07, 6.45) is 21.4. The van der Waals surface area contributed by atoms with Crippen LogP contribution >= 0.6 is 0 Å². The van der Waals surface area contributed by atoms with Crippen LogP contribution in [-0.2, 0) is 4.74 Å². The lowest BCUT2D eigenvalue weighted by Gasteiger charge is -2.30. The van der Waals surface area contributed by atoms with Crippen molar-refractivity contribution in [3.8, 4) is 0 Å². The maximum atomic E-state index is 10.5. The van der Waals surface area contributed by atoms with Crippen LogP contribution in [0.3, 0.4) is 0 Å². The maximum Gasteiger partial charge on any atom is 0.114 e. The third-order valence-electron chi connectivity index (χ3n) is 6.93. The highest BCUT2D eigenvalue weighted by Gasteiger charge is 2.19. The minimum Gasteiger partial charge on any atom is -0.495 e. The van der Waals surface area contributed by atoms with Gasteiger partial charge in [0.1, 0.15) is 6.61 Å². The summed E-state index contributed by atoms with van der Waals surface area (Å²) in [5, 5.41) is 13.9. The van der Waals surface area contributed by atoms with Gasteiger partial charge in [-0.15, -0.1) is 0 Å². The van der Waals surface area contributed by atoms with Crippen LogP contribution in [0.5, 0.6) is 0 Å². The number of rotatable bonds is 7. The second-order valence-electron chi connectivity index (χ2n) is 9.32. The molecule has 0 radical (unpaired) electrons. The molecule has 0 bridgehead atoms. The maximum absolute atomic E-state index is 10.5. The van der Waals surface area contributed by atoms with Crippen LogP contribution in [0.25, 0.3) is 0 Å². The SMILES string of the molecule is CC1=CCC2=C(C=C1)CCN(CCC(O)COC1=CC=C(C3CCNCC3)C=CC1)C2. The summed E-state index contributed by atoms with van der Waals surface area (Å²) in [5.41, 5.74) is 5.82. The average molecular weight is 423 g/mol. The van der Waals surface area contributed by atoms with E-state index in [4.69, 9.17) is 4.74 Å². The first-order valence-electron chi connectivity index (χ1n) is 12.0. The largest absolute Gasteiger partial charge is 0.495 e. The van der Waals surface area contributed by atoms with Gasteiger partial charge in [0.05, 0.1) is 11.9 Å². The zero-order valence-electron chi connectivity index (χ0n) is 19.0. The highest BCUT2D eigenvalue weighted by Crippen LogP contribution is 2.27. The van der Waals surface area contributed by atoms with Crippen LogP contribution < -0.4 is 5.32 Å². The van der Waals surface area contributed by atoms with Crippen LogP contribution in [0.2, 0.25) is 0 Å². The Labute approximate surface area is 187 Å². The third-order valence-corrected chi connectivity index (χ3v) is 6.93. The van der Waals surface area contributed by atoms with Crippen molar-refractivity contribution in [2.75, 3.05) is 39.3 Å². The van der Waals surface area contributed by atoms with Crippen LogP contribution in [0, 0.1) is 5.92 Å². The third kappa shape index (κ3) is 6.55. The Bertz CT molecular complexity index is 809. The Balaban J connectivity index is 1.20. The first-order valence-corrected chi connectivity index (χ1v) is 12.0. The molecular formula is C27H38N2O2. The second-order valence-corrected chi connectivity index (χ2v) is 9.32. The van der Waals surface area contributed by atoms with E-state index in [1.807, 2.05) is 0 Å². The van der Waals surface area contributed by atoms with Gasteiger partial charge in [-0.2, -0.15) is 0 Å². The molecule has 0 spiro atoms. The minimum absolute atomic E-state index is 0.378. The molecule has 4 nitrogen and oxygen atoms in total. The van der Waals surface area contributed by atoms with Gasteiger partial charge < -0.3 is 15.2 Å². The van der Waals surface area contributed by atoms with E-state index < -0.39 is 6.10 Å². The number of hydrogen-bond donors (Lipinski definition) is 2. The van der Waals surface area contributed by atoms with Gasteiger partial charge in [-0.3, -0.25) is 4.90 Å². The van der Waals surface area contributed by atoms with Crippen molar-refractivity contribution in [1.29, 1.82) is 0 Å². The molecule has 4 rings (SSSR count). The predicted octanol–water partition coefficient (Wildman–Crippen LogP) is 4.43. The zero-order valence-corrected chi connectivity index (χ0v) is 19.0. The molecular weight excluding hydrogens is 384 g/mol. The molecule has 4 heteroatoms. The lowest BCUT2D eigenvalue weighted by molar-refractivity contribution is 0.0566. The van der Waals surface area contributed by atoms with Gasteiger partial charge in [0.2, 0.25) is 0 Å². The zero-order chi connectivity index (χ0) is 21.5. The summed E-state index contributed by atoms with van der Waals surface area (Å²) in [6.45, 7) is 7.80. The molecule has 1 unspecified atom stereocenters. The molecule has 0 amide bonds. The molecule has 0 aromatic carbocycles. The van der Waals surface area contributed by atoms with Gasteiger partial charge in [0.15, 0.2) is 0 Å². The summed E-state index contributed by atoms with van der Waals surface area (Å²) in [6, 6.07) is 0. The fourth-order valence-electron chi connectivity index (χ4n) is 4.85. The summed E-state index contributed by atoms with van der Waals surface area (Å²) in [4.78, 5) is 2.48. The molecule has 1 atom stereocenters. The Morgan fingerprint density at radius 1 is 1.16 bits per heavy atom. The fourth-order valence-corrected chi connectivity index (χ4v) is 4.85. The topological polar surface area (TPSA) is 44.7 Å². The molecule has 2 N–H and O–H groups in total. The van der Waals surface area contributed by atoms with E-state index in [1.54, 1.807) is 0 Å². The quantitative estimate of drug-likeness (QED) is 0.637. The average Bonchev–Trinajstić information content (AvgIpc) is 3.15. The van der Waals surface area contributed by atoms with Gasteiger partial charge in [-0.1, -0.05) is 42.0 Å². The van der Waals surface area contributed by atoms with Crippen LogP contribution in [0.1, 0.15) is 45.4 Å². The van der Waals surface area contributed by atoms with E-state index in [0.717, 1.165) is 64.2 Å². The Kier molecular flexibility index (Phi) is 8.01. The standard InChI is InChI=1S/C27H38N2O2/c1-21-5-7-23-13-17-29(19-25(23)8-6-21)18-14-26(30)20-31-27-4-2-3-22(9-10-27)24-11-15-28-16-12-24/h2-3,5-7,9-10,24,26,28,30H,4,8,11-20H2,1H3. The molecule has 2 aliphatic carbocycles. The summed E-state index contributed by atoms with van der Waals surface area (Å²) < 4.78 is 5.97. The van der Waals surface area contributed by atoms with E-state index in [-0.39, 0.29) is 0 Å². The summed E-state index contributed by atoms with van der Waals surface area (Å²) >= 11 is 0. The number of ether oxygens (including phenoxy) is 1. The van der Waals surface area contributed by atoms with Crippen molar-refractivity contribution in [3.05, 3.63) is 70.6 Å². The number of nitrogens with one attached hydrogen (secondary N) is 1. The first kappa shape index (κ1) is 22.3. The van der Waals surface area contributed by atoms with E-state index in [2.05, 4.69) is 59.7 Å². The second kappa shape index (κ2) is 11.1. The van der Waals surface area contributed by atoms with Crippen molar-refractivity contribution in [2.24, 2.45) is 5.92 Å². The van der Waals surface area contributed by atoms with E-state index in [0.29, 0.717) is 12.5 Å². The Morgan fingerprint density at radius 2 is 2.03 bits per heavy atom. The van der Waals surface area contributed by atoms with Crippen LogP contribution in [0.15, 0.2) is 70.6 Å². The lowest BCUT2D eigenvalue weighted by atomic mass is 9.89.